The van der Waals surface area contributed by atoms with E-state index in [4.69, 9.17) is 15.7 Å². The van der Waals surface area contributed by atoms with Crippen LogP contribution in [0.25, 0.3) is 11.0 Å². The van der Waals surface area contributed by atoms with Gasteiger partial charge in [0.25, 0.3) is 0 Å². The molecular formula is C14H20N4. The zero-order valence-corrected chi connectivity index (χ0v) is 10.9. The summed E-state index contributed by atoms with van der Waals surface area (Å²) in [6.07, 6.45) is 8.00. The van der Waals surface area contributed by atoms with Crippen molar-refractivity contribution in [2.75, 3.05) is 0 Å². The van der Waals surface area contributed by atoms with Crippen LogP contribution in [0.4, 0.5) is 0 Å². The lowest BCUT2D eigenvalue weighted by Gasteiger charge is -2.10. The number of aromatic nitrogens is 3. The summed E-state index contributed by atoms with van der Waals surface area (Å²) >= 11 is 0. The summed E-state index contributed by atoms with van der Waals surface area (Å²) in [5.41, 5.74) is 9.00. The van der Waals surface area contributed by atoms with E-state index in [1.807, 2.05) is 6.20 Å². The molecule has 4 nitrogen and oxygen atoms in total. The molecule has 3 rings (SSSR count). The van der Waals surface area contributed by atoms with Crippen LogP contribution in [-0.2, 0) is 13.0 Å². The van der Waals surface area contributed by atoms with Crippen molar-refractivity contribution in [2.45, 2.75) is 51.5 Å². The second kappa shape index (κ2) is 4.69. The van der Waals surface area contributed by atoms with Crippen molar-refractivity contribution >= 4 is 11.0 Å². The minimum absolute atomic E-state index is 0.541. The Morgan fingerprint density at radius 2 is 2.11 bits per heavy atom. The summed E-state index contributed by atoms with van der Waals surface area (Å²) in [5.74, 6) is 1.59. The zero-order chi connectivity index (χ0) is 12.5. The summed E-state index contributed by atoms with van der Waals surface area (Å²) in [6.45, 7) is 2.69. The molecule has 18 heavy (non-hydrogen) atoms. The van der Waals surface area contributed by atoms with Crippen LogP contribution >= 0.6 is 0 Å². The van der Waals surface area contributed by atoms with E-state index in [0.717, 1.165) is 34.5 Å². The highest BCUT2D eigenvalue weighted by atomic mass is 15.0. The maximum atomic E-state index is 5.77. The standard InChI is InChI=1S/C14H20N4/c1-2-11-12-10(7-15)8-16-14(12)18-13(17-11)9-5-3-4-6-9/h8-9H,2-7,15H2,1H3,(H,16,17,18). The largest absolute Gasteiger partial charge is 0.346 e. The van der Waals surface area contributed by atoms with Crippen molar-refractivity contribution in [1.82, 2.24) is 15.0 Å². The van der Waals surface area contributed by atoms with Gasteiger partial charge >= 0.3 is 0 Å². The van der Waals surface area contributed by atoms with Crippen LogP contribution in [0.15, 0.2) is 6.20 Å². The van der Waals surface area contributed by atoms with E-state index in [1.165, 1.54) is 25.7 Å². The van der Waals surface area contributed by atoms with E-state index in [0.29, 0.717) is 12.5 Å². The second-order valence-corrected chi connectivity index (χ2v) is 5.11. The van der Waals surface area contributed by atoms with Crippen molar-refractivity contribution < 1.29 is 0 Å². The highest BCUT2D eigenvalue weighted by molar-refractivity contribution is 5.82. The number of hydrogen-bond acceptors (Lipinski definition) is 3. The Bertz CT molecular complexity index is 552. The Labute approximate surface area is 107 Å². The molecule has 96 valence electrons. The average molecular weight is 244 g/mol. The lowest BCUT2D eigenvalue weighted by Crippen LogP contribution is -2.05. The van der Waals surface area contributed by atoms with Gasteiger partial charge in [-0.05, 0) is 24.8 Å². The molecule has 1 aliphatic carbocycles. The van der Waals surface area contributed by atoms with E-state index >= 15 is 0 Å². The van der Waals surface area contributed by atoms with Gasteiger partial charge < -0.3 is 10.7 Å². The maximum absolute atomic E-state index is 5.77. The number of hydrogen-bond donors (Lipinski definition) is 2. The molecule has 0 spiro atoms. The molecule has 0 aromatic carbocycles. The normalized spacial score (nSPS) is 16.8. The van der Waals surface area contributed by atoms with E-state index in [1.54, 1.807) is 0 Å². The Balaban J connectivity index is 2.13. The SMILES string of the molecule is CCc1nc(C2CCCC2)nc2[nH]cc(CN)c12. The predicted molar refractivity (Wildman–Crippen MR) is 72.4 cm³/mol. The van der Waals surface area contributed by atoms with Crippen LogP contribution in [0, 0.1) is 0 Å². The molecule has 0 bridgehead atoms. The van der Waals surface area contributed by atoms with Crippen LogP contribution in [0.1, 0.15) is 55.6 Å². The van der Waals surface area contributed by atoms with Gasteiger partial charge in [0.15, 0.2) is 0 Å². The molecular weight excluding hydrogens is 224 g/mol. The van der Waals surface area contributed by atoms with Gasteiger partial charge in [0.05, 0.1) is 5.69 Å². The van der Waals surface area contributed by atoms with E-state index in [9.17, 15) is 0 Å². The molecule has 4 heteroatoms. The fourth-order valence-electron chi connectivity index (χ4n) is 2.98. The molecule has 1 fully saturated rings. The monoisotopic (exact) mass is 244 g/mol. The zero-order valence-electron chi connectivity index (χ0n) is 10.9. The molecule has 1 saturated carbocycles. The lowest BCUT2D eigenvalue weighted by molar-refractivity contribution is 0.666. The first-order valence-corrected chi connectivity index (χ1v) is 6.90. The van der Waals surface area contributed by atoms with Gasteiger partial charge in [0.1, 0.15) is 11.5 Å². The lowest BCUT2D eigenvalue weighted by atomic mass is 10.1. The van der Waals surface area contributed by atoms with Crippen LogP contribution in [0.3, 0.4) is 0 Å². The van der Waals surface area contributed by atoms with Crippen molar-refractivity contribution in [3.63, 3.8) is 0 Å². The van der Waals surface area contributed by atoms with Crippen molar-refractivity contribution in [1.29, 1.82) is 0 Å². The number of H-pyrrole nitrogens is 1. The van der Waals surface area contributed by atoms with Crippen molar-refractivity contribution in [3.8, 4) is 0 Å². The number of nitrogens with two attached hydrogens (primary N) is 1. The topological polar surface area (TPSA) is 67.6 Å². The summed E-state index contributed by atoms with van der Waals surface area (Å²) in [6, 6.07) is 0. The molecule has 2 heterocycles. The Kier molecular flexibility index (Phi) is 3.04. The summed E-state index contributed by atoms with van der Waals surface area (Å²) in [4.78, 5) is 12.8. The van der Waals surface area contributed by atoms with Crippen molar-refractivity contribution in [2.24, 2.45) is 5.73 Å². The molecule has 1 aliphatic rings. The molecule has 0 amide bonds. The molecule has 0 unspecified atom stereocenters. The second-order valence-electron chi connectivity index (χ2n) is 5.11. The van der Waals surface area contributed by atoms with E-state index in [-0.39, 0.29) is 0 Å². The number of nitrogens with zero attached hydrogens (tertiary/aromatic N) is 2. The van der Waals surface area contributed by atoms with Crippen LogP contribution in [0.5, 0.6) is 0 Å². The minimum Gasteiger partial charge on any atom is -0.346 e. The molecule has 0 atom stereocenters. The third-order valence-electron chi connectivity index (χ3n) is 3.98. The third-order valence-corrected chi connectivity index (χ3v) is 3.98. The number of nitrogens with one attached hydrogen (secondary N) is 1. The number of rotatable bonds is 3. The first kappa shape index (κ1) is 11.7. The quantitative estimate of drug-likeness (QED) is 0.872. The molecule has 0 aliphatic heterocycles. The Morgan fingerprint density at radius 3 is 2.78 bits per heavy atom. The maximum Gasteiger partial charge on any atom is 0.141 e. The summed E-state index contributed by atoms with van der Waals surface area (Å²) in [7, 11) is 0. The van der Waals surface area contributed by atoms with Gasteiger partial charge in [-0.25, -0.2) is 9.97 Å². The van der Waals surface area contributed by atoms with Crippen molar-refractivity contribution in [3.05, 3.63) is 23.3 Å². The van der Waals surface area contributed by atoms with Crippen LogP contribution in [0.2, 0.25) is 0 Å². The first-order valence-electron chi connectivity index (χ1n) is 6.90. The van der Waals surface area contributed by atoms with Gasteiger partial charge in [0.2, 0.25) is 0 Å². The Hall–Kier alpha value is -1.42. The van der Waals surface area contributed by atoms with Gasteiger partial charge in [-0.2, -0.15) is 0 Å². The number of aryl methyl sites for hydroxylation is 1. The van der Waals surface area contributed by atoms with Gasteiger partial charge in [-0.3, -0.25) is 0 Å². The van der Waals surface area contributed by atoms with E-state index in [2.05, 4.69) is 11.9 Å². The Morgan fingerprint density at radius 1 is 1.33 bits per heavy atom. The fourth-order valence-corrected chi connectivity index (χ4v) is 2.98. The van der Waals surface area contributed by atoms with Crippen LogP contribution < -0.4 is 5.73 Å². The minimum atomic E-state index is 0.541. The first-order chi connectivity index (χ1) is 8.83. The molecule has 0 saturated heterocycles. The van der Waals surface area contributed by atoms with Gasteiger partial charge in [-0.1, -0.05) is 19.8 Å². The highest BCUT2D eigenvalue weighted by Crippen LogP contribution is 2.33. The van der Waals surface area contributed by atoms with Crippen LogP contribution in [-0.4, -0.2) is 15.0 Å². The van der Waals surface area contributed by atoms with Gasteiger partial charge in [-0.15, -0.1) is 0 Å². The average Bonchev–Trinajstić information content (AvgIpc) is 3.06. The smallest absolute Gasteiger partial charge is 0.141 e. The summed E-state index contributed by atoms with van der Waals surface area (Å²) in [5, 5.41) is 1.14. The molecule has 0 radical (unpaired) electrons. The molecule has 2 aromatic heterocycles. The highest BCUT2D eigenvalue weighted by Gasteiger charge is 2.22. The third kappa shape index (κ3) is 1.81. The number of aromatic amines is 1. The molecule has 3 N–H and O–H groups in total. The summed E-state index contributed by atoms with van der Waals surface area (Å²) < 4.78 is 0. The fraction of sp³-hybridized carbons (Fsp3) is 0.571. The predicted octanol–water partition coefficient (Wildman–Crippen LogP) is 2.64. The van der Waals surface area contributed by atoms with Gasteiger partial charge in [0, 0.05) is 24.0 Å². The molecule has 2 aromatic rings. The number of fused-ring (bicyclic) bond motifs is 1. The van der Waals surface area contributed by atoms with E-state index < -0.39 is 0 Å².